The number of ether oxygens (including phenoxy) is 2. The van der Waals surface area contributed by atoms with Gasteiger partial charge in [0, 0.05) is 25.2 Å². The number of nitrogens with two attached hydrogens (primary N) is 1. The van der Waals surface area contributed by atoms with Crippen molar-refractivity contribution in [2.75, 3.05) is 19.8 Å². The number of allylic oxidation sites excluding steroid dienone is 14. The first-order valence-electron chi connectivity index (χ1n) is 22.5. The predicted molar refractivity (Wildman–Crippen MR) is 246 cm³/mol. The number of phosphoric ester groups is 1. The molecule has 0 aromatic rings. The fourth-order valence-electron chi connectivity index (χ4n) is 6.32. The highest BCUT2D eigenvalue weighted by Gasteiger charge is 2.39. The summed E-state index contributed by atoms with van der Waals surface area (Å²) in [4.78, 5) is 46.2. The van der Waals surface area contributed by atoms with Crippen LogP contribution >= 0.6 is 7.82 Å². The van der Waals surface area contributed by atoms with Crippen LogP contribution in [-0.4, -0.2) is 93.5 Å². The molecule has 1 unspecified atom stereocenters. The van der Waals surface area contributed by atoms with Gasteiger partial charge in [0.1, 0.15) is 12.6 Å². The molecule has 0 bridgehead atoms. The minimum atomic E-state index is -4.81. The second-order valence-electron chi connectivity index (χ2n) is 15.4. The van der Waals surface area contributed by atoms with Crippen molar-refractivity contribution < 1.29 is 62.8 Å². The number of unbranched alkanes of at least 4 members (excludes halogenated alkanes) is 3. The van der Waals surface area contributed by atoms with Crippen molar-refractivity contribution in [3.63, 3.8) is 0 Å². The third-order valence-corrected chi connectivity index (χ3v) is 10.9. The molecule has 0 aliphatic heterocycles. The van der Waals surface area contributed by atoms with Gasteiger partial charge in [-0.25, -0.2) is 4.57 Å². The number of carboxylic acid groups (broad SMARTS) is 1. The summed E-state index contributed by atoms with van der Waals surface area (Å²) in [5.74, 6) is -3.23. The molecule has 0 aromatic carbocycles. The van der Waals surface area contributed by atoms with Gasteiger partial charge in [-0.2, -0.15) is 0 Å². The first-order valence-corrected chi connectivity index (χ1v) is 24.0. The van der Waals surface area contributed by atoms with Crippen molar-refractivity contribution in [1.82, 2.24) is 0 Å². The van der Waals surface area contributed by atoms with E-state index in [9.17, 15) is 39.2 Å². The molecule has 1 saturated carbocycles. The van der Waals surface area contributed by atoms with Crippen LogP contribution in [0.3, 0.4) is 0 Å². The van der Waals surface area contributed by atoms with Crippen LogP contribution in [0.4, 0.5) is 0 Å². The summed E-state index contributed by atoms with van der Waals surface area (Å²) in [6.07, 6.45) is 40.1. The molecule has 0 aromatic heterocycles. The van der Waals surface area contributed by atoms with E-state index in [1.165, 1.54) is 0 Å². The predicted octanol–water partition coefficient (Wildman–Crippen LogP) is 8.44. The zero-order valence-corrected chi connectivity index (χ0v) is 38.3. The first-order chi connectivity index (χ1) is 30.3. The van der Waals surface area contributed by atoms with Crippen LogP contribution in [0.15, 0.2) is 97.2 Å². The lowest BCUT2D eigenvalue weighted by Gasteiger charge is -2.20. The summed E-state index contributed by atoms with van der Waals surface area (Å²) in [6.45, 7) is 2.24. The maximum atomic E-state index is 12.7. The maximum Gasteiger partial charge on any atom is 0.472 e. The van der Waals surface area contributed by atoms with Crippen LogP contribution in [0, 0.1) is 11.8 Å². The Hall–Kier alpha value is -3.72. The number of carbonyl (C=O) groups is 3. The summed E-state index contributed by atoms with van der Waals surface area (Å²) in [7, 11) is -4.81. The molecule has 0 saturated heterocycles. The molecule has 0 amide bonds. The van der Waals surface area contributed by atoms with Crippen LogP contribution in [0.1, 0.15) is 123 Å². The largest absolute Gasteiger partial charge is 0.480 e. The Balaban J connectivity index is 2.55. The first kappa shape index (κ1) is 57.3. The zero-order valence-electron chi connectivity index (χ0n) is 37.4. The van der Waals surface area contributed by atoms with Crippen molar-refractivity contribution in [1.29, 1.82) is 0 Å². The van der Waals surface area contributed by atoms with E-state index in [0.717, 1.165) is 51.4 Å². The molecule has 7 N–H and O–H groups in total. The monoisotopic (exact) mass is 906 g/mol. The maximum absolute atomic E-state index is 12.7. The average molecular weight is 906 g/mol. The lowest BCUT2D eigenvalue weighted by molar-refractivity contribution is -0.161. The fraction of sp³-hybridized carbons (Fsp3) is 0.604. The van der Waals surface area contributed by atoms with Gasteiger partial charge in [0.2, 0.25) is 0 Å². The number of hydrogen-bond donors (Lipinski definition) is 6. The number of aliphatic hydroxyl groups is 3. The summed E-state index contributed by atoms with van der Waals surface area (Å²) in [5, 5.41) is 40.2. The van der Waals surface area contributed by atoms with Gasteiger partial charge in [-0.05, 0) is 76.5 Å². The molecule has 63 heavy (non-hydrogen) atoms. The van der Waals surface area contributed by atoms with Crippen LogP contribution in [0.5, 0.6) is 0 Å². The molecule has 1 fully saturated rings. The number of phosphoric acid groups is 1. The number of carbonyl (C=O) groups excluding carboxylic acids is 2. The molecule has 15 heteroatoms. The van der Waals surface area contributed by atoms with Gasteiger partial charge in [0.05, 0.1) is 31.5 Å². The molecular formula is C48H76NO13P. The van der Waals surface area contributed by atoms with Gasteiger partial charge in [-0.1, -0.05) is 130 Å². The molecule has 356 valence electrons. The highest BCUT2D eigenvalue weighted by Crippen LogP contribution is 2.43. The third kappa shape index (κ3) is 30.9. The second-order valence-corrected chi connectivity index (χ2v) is 16.9. The summed E-state index contributed by atoms with van der Waals surface area (Å²) < 4.78 is 32.6. The Kier molecular flexibility index (Phi) is 33.3. The van der Waals surface area contributed by atoms with E-state index in [4.69, 9.17) is 24.8 Å². The Morgan fingerprint density at radius 1 is 0.714 bits per heavy atom. The smallest absolute Gasteiger partial charge is 0.472 e. The quantitative estimate of drug-likeness (QED) is 0.0150. The minimum Gasteiger partial charge on any atom is -0.480 e. The molecule has 14 nitrogen and oxygen atoms in total. The second kappa shape index (κ2) is 36.6. The van der Waals surface area contributed by atoms with E-state index in [1.807, 2.05) is 36.5 Å². The molecule has 1 rings (SSSR count). The van der Waals surface area contributed by atoms with Crippen molar-refractivity contribution in [2.24, 2.45) is 17.6 Å². The lowest BCUT2D eigenvalue weighted by Crippen LogP contribution is -2.34. The number of esters is 2. The van der Waals surface area contributed by atoms with E-state index in [-0.39, 0.29) is 31.1 Å². The summed E-state index contributed by atoms with van der Waals surface area (Å²) in [6, 6.07) is -1.58. The molecule has 0 heterocycles. The van der Waals surface area contributed by atoms with Gasteiger partial charge in [0.25, 0.3) is 0 Å². The Bertz CT molecular complexity index is 1550. The highest BCUT2D eigenvalue weighted by molar-refractivity contribution is 7.47. The van der Waals surface area contributed by atoms with Crippen LogP contribution in [0.25, 0.3) is 0 Å². The summed E-state index contributed by atoms with van der Waals surface area (Å²) in [5.41, 5.74) is 5.33. The number of carboxylic acids is 1. The molecule has 1 aliphatic carbocycles. The molecule has 1 aliphatic rings. The standard InChI is InChI=1S/C48H76NO13P/c1-3-5-7-8-9-10-11-12-13-14-15-16-17-18-19-20-21-22-27-31-46(53)59-36-40(37-60-63(57,58)61-38-43(49)48(55)56)62-47(54)32-28-24-23-26-30-41-42(45(52)35-44(41)51)34-33-39(50)29-25-6-4-2/h5,7,9-10,12-13,15-16,18-19,21-23,26,33-34,39-45,50-52H,3-4,6,8,11,14,17,20,24-25,27-32,35-38,49H2,1-2H3,(H,55,56)(H,57,58)/b7-5-,10-9-,13-12-,16-15-,19-18-,22-21-,26-23+,34-33+/t39-,40+,41+,42+,43-,44-,45+/m0/s1. The van der Waals surface area contributed by atoms with E-state index < -0.39 is 76.0 Å². The van der Waals surface area contributed by atoms with Crippen LogP contribution in [0.2, 0.25) is 0 Å². The lowest BCUT2D eigenvalue weighted by atomic mass is 9.89. The van der Waals surface area contributed by atoms with Gasteiger partial charge < -0.3 is 40.5 Å². The molecule has 0 spiro atoms. The van der Waals surface area contributed by atoms with Crippen molar-refractivity contribution in [3.8, 4) is 0 Å². The number of aliphatic hydroxyl groups excluding tert-OH is 3. The van der Waals surface area contributed by atoms with E-state index >= 15 is 0 Å². The minimum absolute atomic E-state index is 0.0374. The Morgan fingerprint density at radius 3 is 1.87 bits per heavy atom. The van der Waals surface area contributed by atoms with Gasteiger partial charge in [0.15, 0.2) is 6.10 Å². The molecule has 8 atom stereocenters. The fourth-order valence-corrected chi connectivity index (χ4v) is 7.10. The van der Waals surface area contributed by atoms with Crippen LogP contribution < -0.4 is 5.73 Å². The zero-order chi connectivity index (χ0) is 46.6. The molecule has 0 radical (unpaired) electrons. The van der Waals surface area contributed by atoms with Crippen molar-refractivity contribution in [2.45, 2.75) is 153 Å². The Morgan fingerprint density at radius 2 is 1.29 bits per heavy atom. The van der Waals surface area contributed by atoms with Gasteiger partial charge in [-0.15, -0.1) is 0 Å². The number of rotatable bonds is 36. The highest BCUT2D eigenvalue weighted by atomic mass is 31.2. The third-order valence-electron chi connectivity index (χ3n) is 9.90. The normalized spacial score (nSPS) is 21.0. The average Bonchev–Trinajstić information content (AvgIpc) is 3.52. The van der Waals surface area contributed by atoms with Crippen molar-refractivity contribution in [3.05, 3.63) is 97.2 Å². The Labute approximate surface area is 375 Å². The van der Waals surface area contributed by atoms with E-state index in [1.54, 1.807) is 6.08 Å². The molecular weight excluding hydrogens is 829 g/mol. The van der Waals surface area contributed by atoms with Crippen molar-refractivity contribution >= 4 is 25.7 Å². The SMILES string of the molecule is CC/C=C\C/C=C\C/C=C\C/C=C\C/C=C\C/C=C\CCC(=O)OC[C@H](COP(=O)(O)OC[C@H](N)C(=O)O)OC(=O)CCC/C=C/C[C@@H]1[C@@H](/C=C/[C@@H](O)CCCCC)[C@H](O)C[C@@H]1O. The van der Waals surface area contributed by atoms with E-state index in [0.29, 0.717) is 38.5 Å². The van der Waals surface area contributed by atoms with Gasteiger partial charge in [-0.3, -0.25) is 23.4 Å². The summed E-state index contributed by atoms with van der Waals surface area (Å²) >= 11 is 0. The van der Waals surface area contributed by atoms with E-state index in [2.05, 4.69) is 73.1 Å². The topological polar surface area (TPSA) is 232 Å². The van der Waals surface area contributed by atoms with Gasteiger partial charge >= 0.3 is 25.7 Å². The van der Waals surface area contributed by atoms with Crippen LogP contribution in [-0.2, 0) is 37.5 Å². The number of hydrogen-bond acceptors (Lipinski definition) is 12. The number of aliphatic carboxylic acids is 1.